The molecule has 40 heavy (non-hydrogen) atoms. The van der Waals surface area contributed by atoms with Gasteiger partial charge in [0.05, 0.1) is 26.9 Å². The van der Waals surface area contributed by atoms with E-state index in [1.807, 2.05) is 34.6 Å². The summed E-state index contributed by atoms with van der Waals surface area (Å²) in [6.07, 6.45) is -0.290. The van der Waals surface area contributed by atoms with E-state index in [9.17, 15) is 19.2 Å². The number of esters is 1. The summed E-state index contributed by atoms with van der Waals surface area (Å²) in [5.41, 5.74) is 0.552. The molecule has 0 bridgehead atoms. The zero-order valence-electron chi connectivity index (χ0n) is 24.3. The fraction of sp³-hybridized carbons (Fsp3) is 0.643. The molecule has 0 spiro atoms. The highest BCUT2D eigenvalue weighted by atomic mass is 16.7. The van der Waals surface area contributed by atoms with Crippen molar-refractivity contribution in [3.05, 3.63) is 23.8 Å². The molecule has 0 aromatic heterocycles. The summed E-state index contributed by atoms with van der Waals surface area (Å²) in [6, 6.07) is 3.67. The van der Waals surface area contributed by atoms with Crippen molar-refractivity contribution in [2.45, 2.75) is 66.3 Å². The van der Waals surface area contributed by atoms with Crippen LogP contribution in [0.1, 0.15) is 59.4 Å². The lowest BCUT2D eigenvalue weighted by Crippen LogP contribution is -2.41. The minimum atomic E-state index is -0.968. The lowest BCUT2D eigenvalue weighted by molar-refractivity contribution is -0.143. The molecule has 0 amide bonds. The summed E-state index contributed by atoms with van der Waals surface area (Å²) >= 11 is 0. The van der Waals surface area contributed by atoms with Crippen molar-refractivity contribution >= 4 is 24.4 Å². The standard InChI is InChI=1S/C28H43NO11/c1-7-13-35-26(31)36-14-12-29-22(25(30)34-6)15-21-10-11-23(39-27(32)37-17-19(4)8-2)24(16-21)40-28(33)38-18-20(5)9-3/h10-11,16,19-20,22,29H,7-9,12-15,17-18H2,1-6H3/t19?,20?,22-/m0/s1. The molecule has 1 N–H and O–H groups in total. The van der Waals surface area contributed by atoms with Gasteiger partial charge in [0.25, 0.3) is 0 Å². The third kappa shape index (κ3) is 14.0. The molecule has 0 fully saturated rings. The maximum absolute atomic E-state index is 12.4. The molecule has 1 aromatic rings. The largest absolute Gasteiger partial charge is 0.513 e. The molecular formula is C28H43NO11. The van der Waals surface area contributed by atoms with Gasteiger partial charge in [-0.3, -0.25) is 4.79 Å². The van der Waals surface area contributed by atoms with Gasteiger partial charge in [0.15, 0.2) is 11.5 Å². The average molecular weight is 570 g/mol. The van der Waals surface area contributed by atoms with Crippen LogP contribution >= 0.6 is 0 Å². The third-order valence-corrected chi connectivity index (χ3v) is 5.82. The van der Waals surface area contributed by atoms with Crippen LogP contribution < -0.4 is 14.8 Å². The SMILES string of the molecule is CCCOC(=O)OCCN[C@@H](Cc1ccc(OC(=O)OCC(C)CC)c(OC(=O)OCC(C)CC)c1)C(=O)OC. The van der Waals surface area contributed by atoms with Gasteiger partial charge in [-0.05, 0) is 42.4 Å². The van der Waals surface area contributed by atoms with Gasteiger partial charge in [0.1, 0.15) is 12.6 Å². The predicted octanol–water partition coefficient (Wildman–Crippen LogP) is 5.05. The van der Waals surface area contributed by atoms with Gasteiger partial charge >= 0.3 is 24.4 Å². The molecule has 0 radical (unpaired) electrons. The molecule has 0 aliphatic rings. The van der Waals surface area contributed by atoms with Gasteiger partial charge in [-0.25, -0.2) is 14.4 Å². The van der Waals surface area contributed by atoms with Gasteiger partial charge in [0.2, 0.25) is 0 Å². The number of ether oxygens (including phenoxy) is 7. The number of hydrogen-bond donors (Lipinski definition) is 1. The molecule has 0 saturated heterocycles. The zero-order valence-corrected chi connectivity index (χ0v) is 24.3. The Kier molecular flexibility index (Phi) is 16.8. The molecule has 0 heterocycles. The molecule has 12 heteroatoms. The molecule has 0 saturated carbocycles. The lowest BCUT2D eigenvalue weighted by atomic mass is 10.1. The van der Waals surface area contributed by atoms with Gasteiger partial charge in [-0.1, -0.05) is 53.5 Å². The van der Waals surface area contributed by atoms with E-state index in [4.69, 9.17) is 33.2 Å². The number of benzene rings is 1. The molecule has 226 valence electrons. The van der Waals surface area contributed by atoms with Crippen molar-refractivity contribution in [3.8, 4) is 11.5 Å². The number of carbonyl (C=O) groups excluding carboxylic acids is 4. The Morgan fingerprint density at radius 1 is 0.775 bits per heavy atom. The quantitative estimate of drug-likeness (QED) is 0.116. The minimum Gasteiger partial charge on any atom is -0.468 e. The number of rotatable bonds is 17. The van der Waals surface area contributed by atoms with Crippen molar-refractivity contribution in [2.24, 2.45) is 11.8 Å². The Bertz CT molecular complexity index is 937. The van der Waals surface area contributed by atoms with Crippen LogP contribution in [0.2, 0.25) is 0 Å². The molecule has 0 aliphatic heterocycles. The van der Waals surface area contributed by atoms with Gasteiger partial charge in [0, 0.05) is 6.54 Å². The number of methoxy groups -OCH3 is 1. The van der Waals surface area contributed by atoms with E-state index in [1.54, 1.807) is 6.07 Å². The van der Waals surface area contributed by atoms with E-state index in [-0.39, 0.29) is 62.7 Å². The Morgan fingerprint density at radius 2 is 1.35 bits per heavy atom. The van der Waals surface area contributed by atoms with Crippen LogP contribution in [0, 0.1) is 11.8 Å². The van der Waals surface area contributed by atoms with Crippen molar-refractivity contribution in [1.82, 2.24) is 5.32 Å². The molecule has 0 aliphatic carbocycles. The topological polar surface area (TPSA) is 145 Å². The van der Waals surface area contributed by atoms with Crippen molar-refractivity contribution < 1.29 is 52.3 Å². The van der Waals surface area contributed by atoms with Crippen LogP contribution in [0.25, 0.3) is 0 Å². The van der Waals surface area contributed by atoms with Crippen LogP contribution in [0.4, 0.5) is 14.4 Å². The van der Waals surface area contributed by atoms with Gasteiger partial charge in [-0.2, -0.15) is 0 Å². The summed E-state index contributed by atoms with van der Waals surface area (Å²) in [6.45, 7) is 10.4. The normalized spacial score (nSPS) is 12.8. The highest BCUT2D eigenvalue weighted by Crippen LogP contribution is 2.30. The maximum atomic E-state index is 12.4. The van der Waals surface area contributed by atoms with Crippen molar-refractivity contribution in [3.63, 3.8) is 0 Å². The monoisotopic (exact) mass is 569 g/mol. The smallest absolute Gasteiger partial charge is 0.468 e. The first kappa shape index (κ1) is 34.5. The molecule has 1 rings (SSSR count). The summed E-state index contributed by atoms with van der Waals surface area (Å²) in [4.78, 5) is 48.5. The van der Waals surface area contributed by atoms with Crippen molar-refractivity contribution in [1.29, 1.82) is 0 Å². The van der Waals surface area contributed by atoms with E-state index in [1.165, 1.54) is 19.2 Å². The van der Waals surface area contributed by atoms with E-state index >= 15 is 0 Å². The third-order valence-electron chi connectivity index (χ3n) is 5.82. The second-order valence-corrected chi connectivity index (χ2v) is 9.31. The number of nitrogens with one attached hydrogen (secondary N) is 1. The fourth-order valence-corrected chi connectivity index (χ4v) is 2.95. The predicted molar refractivity (Wildman–Crippen MR) is 144 cm³/mol. The van der Waals surface area contributed by atoms with E-state index in [0.717, 1.165) is 12.8 Å². The number of hydrogen-bond acceptors (Lipinski definition) is 12. The van der Waals surface area contributed by atoms with E-state index < -0.39 is 30.5 Å². The van der Waals surface area contributed by atoms with E-state index in [2.05, 4.69) is 5.32 Å². The number of carbonyl (C=O) groups is 4. The van der Waals surface area contributed by atoms with Crippen molar-refractivity contribution in [2.75, 3.05) is 40.1 Å². The molecule has 3 atom stereocenters. The minimum absolute atomic E-state index is 0.0298. The Morgan fingerprint density at radius 3 is 1.90 bits per heavy atom. The maximum Gasteiger partial charge on any atom is 0.513 e. The van der Waals surface area contributed by atoms with Crippen LogP contribution in [0.3, 0.4) is 0 Å². The van der Waals surface area contributed by atoms with Crippen LogP contribution in [0.15, 0.2) is 18.2 Å². The second-order valence-electron chi connectivity index (χ2n) is 9.31. The zero-order chi connectivity index (χ0) is 29.9. The lowest BCUT2D eigenvalue weighted by Gasteiger charge is -2.18. The second kappa shape index (κ2) is 19.5. The van der Waals surface area contributed by atoms with Crippen LogP contribution in [-0.4, -0.2) is 70.6 Å². The highest BCUT2D eigenvalue weighted by molar-refractivity contribution is 5.76. The Balaban J connectivity index is 2.99. The molecular weight excluding hydrogens is 526 g/mol. The summed E-state index contributed by atoms with van der Waals surface area (Å²) < 4.78 is 35.6. The van der Waals surface area contributed by atoms with Gasteiger partial charge in [-0.15, -0.1) is 0 Å². The highest BCUT2D eigenvalue weighted by Gasteiger charge is 2.22. The summed E-state index contributed by atoms with van der Waals surface area (Å²) in [7, 11) is 1.25. The molecule has 1 aromatic carbocycles. The first-order valence-corrected chi connectivity index (χ1v) is 13.6. The van der Waals surface area contributed by atoms with Crippen LogP contribution in [-0.2, 0) is 34.9 Å². The van der Waals surface area contributed by atoms with Crippen LogP contribution in [0.5, 0.6) is 11.5 Å². The Hall–Kier alpha value is -3.54. The first-order chi connectivity index (χ1) is 19.1. The Labute approximate surface area is 235 Å². The average Bonchev–Trinajstić information content (AvgIpc) is 2.95. The molecule has 2 unspecified atom stereocenters. The summed E-state index contributed by atoms with van der Waals surface area (Å²) in [5.74, 6) is -0.415. The van der Waals surface area contributed by atoms with E-state index in [0.29, 0.717) is 12.0 Å². The van der Waals surface area contributed by atoms with Gasteiger partial charge < -0.3 is 38.5 Å². The summed E-state index contributed by atoms with van der Waals surface area (Å²) in [5, 5.41) is 2.96. The first-order valence-electron chi connectivity index (χ1n) is 13.6. The fourth-order valence-electron chi connectivity index (χ4n) is 2.95. The molecule has 12 nitrogen and oxygen atoms in total.